The lowest BCUT2D eigenvalue weighted by Gasteiger charge is -2.11. The van der Waals surface area contributed by atoms with E-state index in [1.807, 2.05) is 0 Å². The van der Waals surface area contributed by atoms with E-state index < -0.39 is 11.9 Å². The van der Waals surface area contributed by atoms with Gasteiger partial charge in [-0.15, -0.1) is 0 Å². The summed E-state index contributed by atoms with van der Waals surface area (Å²) in [6.07, 6.45) is -4.56. The highest BCUT2D eigenvalue weighted by atomic mass is 19.4. The van der Waals surface area contributed by atoms with Crippen LogP contribution in [0, 0.1) is 0 Å². The third-order valence-electron chi connectivity index (χ3n) is 2.89. The van der Waals surface area contributed by atoms with E-state index in [1.54, 1.807) is 18.2 Å². The second kappa shape index (κ2) is 5.24. The van der Waals surface area contributed by atoms with Crippen molar-refractivity contribution >= 4 is 17.5 Å². The Kier molecular flexibility index (Phi) is 3.39. The molecule has 1 aliphatic heterocycles. The topological polar surface area (TPSA) is 68.3 Å². The first-order valence-corrected chi connectivity index (χ1v) is 6.26. The molecule has 6 nitrogen and oxygen atoms in total. The summed E-state index contributed by atoms with van der Waals surface area (Å²) in [6, 6.07) is 5.78. The van der Waals surface area contributed by atoms with Crippen molar-refractivity contribution in [3.8, 4) is 11.5 Å². The predicted molar refractivity (Wildman–Crippen MR) is 72.4 cm³/mol. The Hall–Kier alpha value is -2.71. The van der Waals surface area contributed by atoms with Gasteiger partial charge in [-0.3, -0.25) is 0 Å². The zero-order chi connectivity index (χ0) is 15.7. The molecule has 1 aliphatic rings. The van der Waals surface area contributed by atoms with Crippen molar-refractivity contribution in [2.24, 2.45) is 0 Å². The summed E-state index contributed by atoms with van der Waals surface area (Å²) in [6.45, 7) is 0.119. The van der Waals surface area contributed by atoms with E-state index >= 15 is 0 Å². The van der Waals surface area contributed by atoms with Gasteiger partial charge in [0.05, 0.1) is 0 Å². The molecule has 0 aliphatic carbocycles. The first kappa shape index (κ1) is 14.2. The Morgan fingerprint density at radius 3 is 2.59 bits per heavy atom. The maximum atomic E-state index is 12.8. The number of alkyl halides is 3. The summed E-state index contributed by atoms with van der Waals surface area (Å²) in [7, 11) is 1.44. The molecule has 0 bridgehead atoms. The van der Waals surface area contributed by atoms with Crippen molar-refractivity contribution < 1.29 is 22.6 Å². The van der Waals surface area contributed by atoms with Gasteiger partial charge >= 0.3 is 6.18 Å². The summed E-state index contributed by atoms with van der Waals surface area (Å²) >= 11 is 0. The molecule has 2 N–H and O–H groups in total. The fourth-order valence-electron chi connectivity index (χ4n) is 1.89. The summed E-state index contributed by atoms with van der Waals surface area (Å²) in [4.78, 5) is 7.34. The van der Waals surface area contributed by atoms with Gasteiger partial charge in [0, 0.05) is 24.9 Å². The number of fused-ring (bicyclic) bond motifs is 1. The Morgan fingerprint density at radius 2 is 1.86 bits per heavy atom. The van der Waals surface area contributed by atoms with E-state index in [-0.39, 0.29) is 18.6 Å². The zero-order valence-electron chi connectivity index (χ0n) is 11.4. The summed E-state index contributed by atoms with van der Waals surface area (Å²) < 4.78 is 48.8. The third-order valence-corrected chi connectivity index (χ3v) is 2.89. The van der Waals surface area contributed by atoms with Gasteiger partial charge in [-0.2, -0.15) is 18.2 Å². The number of aromatic nitrogens is 2. The maximum Gasteiger partial charge on any atom is 0.433 e. The lowest BCUT2D eigenvalue weighted by molar-refractivity contribution is -0.141. The number of anilines is 3. The highest BCUT2D eigenvalue weighted by Crippen LogP contribution is 2.35. The van der Waals surface area contributed by atoms with Gasteiger partial charge < -0.3 is 20.1 Å². The number of hydrogen-bond donors (Lipinski definition) is 2. The van der Waals surface area contributed by atoms with Crippen LogP contribution in [0.25, 0.3) is 0 Å². The largest absolute Gasteiger partial charge is 0.454 e. The molecule has 0 saturated heterocycles. The fraction of sp³-hybridized carbons (Fsp3) is 0.231. The molecular weight excluding hydrogens is 301 g/mol. The summed E-state index contributed by atoms with van der Waals surface area (Å²) in [5, 5.41) is 5.29. The standard InChI is InChI=1S/C13H11F3N4O2/c1-17-12-19-10(13(14,15)16)5-11(20-12)18-7-2-3-8-9(4-7)22-6-21-8/h2-5H,6H2,1H3,(H2,17,18,19,20). The SMILES string of the molecule is CNc1nc(Nc2ccc3c(c2)OCO3)cc(C(F)(F)F)n1. The lowest BCUT2D eigenvalue weighted by Crippen LogP contribution is -2.12. The summed E-state index contributed by atoms with van der Waals surface area (Å²) in [5.41, 5.74) is -0.506. The second-order valence-electron chi connectivity index (χ2n) is 4.40. The van der Waals surface area contributed by atoms with E-state index in [9.17, 15) is 13.2 Å². The van der Waals surface area contributed by atoms with E-state index in [1.165, 1.54) is 7.05 Å². The van der Waals surface area contributed by atoms with Crippen molar-refractivity contribution in [1.29, 1.82) is 0 Å². The smallest absolute Gasteiger partial charge is 0.433 e. The number of nitrogens with zero attached hydrogens (tertiary/aromatic N) is 2. The van der Waals surface area contributed by atoms with Crippen LogP contribution in [0.3, 0.4) is 0 Å². The quantitative estimate of drug-likeness (QED) is 0.908. The number of rotatable bonds is 3. The van der Waals surface area contributed by atoms with Crippen molar-refractivity contribution in [2.75, 3.05) is 24.5 Å². The molecule has 1 aromatic carbocycles. The Bertz CT molecular complexity index is 706. The monoisotopic (exact) mass is 312 g/mol. The van der Waals surface area contributed by atoms with Crippen LogP contribution in [0.5, 0.6) is 11.5 Å². The lowest BCUT2D eigenvalue weighted by atomic mass is 10.2. The van der Waals surface area contributed by atoms with E-state index in [0.717, 1.165) is 6.07 Å². The molecule has 2 heterocycles. The van der Waals surface area contributed by atoms with Crippen LogP contribution in [-0.4, -0.2) is 23.8 Å². The number of halogens is 3. The number of nitrogens with one attached hydrogen (secondary N) is 2. The van der Waals surface area contributed by atoms with Crippen molar-refractivity contribution in [2.45, 2.75) is 6.18 Å². The number of ether oxygens (including phenoxy) is 2. The van der Waals surface area contributed by atoms with Crippen LogP contribution >= 0.6 is 0 Å². The second-order valence-corrected chi connectivity index (χ2v) is 4.40. The van der Waals surface area contributed by atoms with Crippen LogP contribution in [0.2, 0.25) is 0 Å². The molecular formula is C13H11F3N4O2. The first-order valence-electron chi connectivity index (χ1n) is 6.26. The number of hydrogen-bond acceptors (Lipinski definition) is 6. The molecule has 1 aromatic heterocycles. The average molecular weight is 312 g/mol. The van der Waals surface area contributed by atoms with E-state index in [2.05, 4.69) is 20.6 Å². The summed E-state index contributed by atoms with van der Waals surface area (Å²) in [5.74, 6) is 0.993. The highest BCUT2D eigenvalue weighted by molar-refractivity contribution is 5.62. The Morgan fingerprint density at radius 1 is 1.09 bits per heavy atom. The van der Waals surface area contributed by atoms with Gasteiger partial charge in [0.25, 0.3) is 0 Å². The van der Waals surface area contributed by atoms with E-state index in [4.69, 9.17) is 9.47 Å². The average Bonchev–Trinajstić information content (AvgIpc) is 2.93. The van der Waals surface area contributed by atoms with Crippen molar-refractivity contribution in [3.05, 3.63) is 30.0 Å². The molecule has 3 rings (SSSR count). The highest BCUT2D eigenvalue weighted by Gasteiger charge is 2.33. The maximum absolute atomic E-state index is 12.8. The number of benzene rings is 1. The molecule has 2 aromatic rings. The Balaban J connectivity index is 1.91. The van der Waals surface area contributed by atoms with Crippen LogP contribution in [-0.2, 0) is 6.18 Å². The van der Waals surface area contributed by atoms with Crippen LogP contribution in [0.15, 0.2) is 24.3 Å². The molecule has 0 fully saturated rings. The Labute approximate surface area is 123 Å². The van der Waals surface area contributed by atoms with Crippen molar-refractivity contribution in [3.63, 3.8) is 0 Å². The van der Waals surface area contributed by atoms with Gasteiger partial charge in [-0.1, -0.05) is 0 Å². The van der Waals surface area contributed by atoms with Crippen LogP contribution in [0.4, 0.5) is 30.6 Å². The third kappa shape index (κ3) is 2.83. The normalized spacial score (nSPS) is 13.1. The van der Waals surface area contributed by atoms with Crippen LogP contribution in [0.1, 0.15) is 5.69 Å². The molecule has 0 amide bonds. The molecule has 0 radical (unpaired) electrons. The molecule has 116 valence electrons. The zero-order valence-corrected chi connectivity index (χ0v) is 11.4. The molecule has 0 saturated carbocycles. The van der Waals surface area contributed by atoms with Gasteiger partial charge in [-0.05, 0) is 12.1 Å². The molecule has 0 unspecified atom stereocenters. The molecule has 0 spiro atoms. The van der Waals surface area contributed by atoms with E-state index in [0.29, 0.717) is 17.2 Å². The molecule has 0 atom stereocenters. The minimum Gasteiger partial charge on any atom is -0.454 e. The van der Waals surface area contributed by atoms with Gasteiger partial charge in [0.2, 0.25) is 12.7 Å². The van der Waals surface area contributed by atoms with Crippen molar-refractivity contribution in [1.82, 2.24) is 9.97 Å². The first-order chi connectivity index (χ1) is 10.5. The minimum absolute atomic E-state index is 0.0190. The van der Waals surface area contributed by atoms with Gasteiger partial charge in [-0.25, -0.2) is 4.98 Å². The minimum atomic E-state index is -4.56. The fourth-order valence-corrected chi connectivity index (χ4v) is 1.89. The predicted octanol–water partition coefficient (Wildman–Crippen LogP) is 3.01. The molecule has 9 heteroatoms. The van der Waals surface area contributed by atoms with Gasteiger partial charge in [0.15, 0.2) is 17.2 Å². The molecule has 22 heavy (non-hydrogen) atoms. The van der Waals surface area contributed by atoms with Crippen LogP contribution < -0.4 is 20.1 Å². The van der Waals surface area contributed by atoms with Gasteiger partial charge in [0.1, 0.15) is 5.82 Å².